The Balaban J connectivity index is 1.89. The van der Waals surface area contributed by atoms with Crippen molar-refractivity contribution in [3.63, 3.8) is 0 Å². The molecule has 0 spiro atoms. The molecule has 0 saturated heterocycles. The Morgan fingerprint density at radius 1 is 1.03 bits per heavy atom. The van der Waals surface area contributed by atoms with E-state index in [1.165, 1.54) is 66.7 Å². The van der Waals surface area contributed by atoms with Crippen molar-refractivity contribution in [1.82, 2.24) is 10.3 Å². The van der Waals surface area contributed by atoms with Crippen LogP contribution in [0.5, 0.6) is 5.75 Å². The number of phenols is 1. The van der Waals surface area contributed by atoms with Gasteiger partial charge < -0.3 is 20.5 Å². The summed E-state index contributed by atoms with van der Waals surface area (Å²) in [7, 11) is 1.49. The van der Waals surface area contributed by atoms with Gasteiger partial charge in [-0.05, 0) is 54.1 Å². The maximum absolute atomic E-state index is 13.7. The number of carbonyl (C=O) groups excluding carboxylic acids is 3. The zero-order valence-corrected chi connectivity index (χ0v) is 19.7. The normalized spacial score (nSPS) is 11.4. The molecule has 0 aliphatic carbocycles. The van der Waals surface area contributed by atoms with Gasteiger partial charge in [-0.25, -0.2) is 9.37 Å². The lowest BCUT2D eigenvalue weighted by atomic mass is 10.0. The van der Waals surface area contributed by atoms with E-state index in [0.29, 0.717) is 11.4 Å². The number of aromatic nitrogens is 1. The van der Waals surface area contributed by atoms with E-state index in [2.05, 4.69) is 15.6 Å². The molecule has 1 heterocycles. The van der Waals surface area contributed by atoms with Crippen LogP contribution >= 0.6 is 0 Å². The van der Waals surface area contributed by atoms with E-state index < -0.39 is 29.6 Å². The number of hydrogen-bond acceptors (Lipinski definition) is 6. The van der Waals surface area contributed by atoms with E-state index in [1.807, 2.05) is 0 Å². The summed E-state index contributed by atoms with van der Waals surface area (Å²) in [5.41, 5.74) is 0.685. The van der Waals surface area contributed by atoms with Gasteiger partial charge in [-0.1, -0.05) is 18.2 Å². The van der Waals surface area contributed by atoms with Gasteiger partial charge >= 0.3 is 0 Å². The van der Waals surface area contributed by atoms with Crippen molar-refractivity contribution in [2.45, 2.75) is 18.9 Å². The molecule has 2 aromatic carbocycles. The minimum Gasteiger partial charge on any atom is -0.508 e. The average Bonchev–Trinajstić information content (AvgIpc) is 2.88. The van der Waals surface area contributed by atoms with Crippen LogP contribution in [0.15, 0.2) is 72.9 Å². The van der Waals surface area contributed by atoms with E-state index in [1.54, 1.807) is 18.2 Å². The third kappa shape index (κ3) is 7.34. The maximum atomic E-state index is 13.7. The molecule has 9 nitrogen and oxygen atoms in total. The Kier molecular flexibility index (Phi) is 9.47. The van der Waals surface area contributed by atoms with E-state index in [-0.39, 0.29) is 37.4 Å². The van der Waals surface area contributed by atoms with Crippen LogP contribution in [-0.2, 0) is 19.1 Å². The SMILES string of the molecule is COCCNC(=O)[C@@H](c1ccc(O)cc1)N(C(=O)CCC(=O)Nc1ccccn1)c1ccc(F)cc1. The van der Waals surface area contributed by atoms with Gasteiger partial charge in [0.05, 0.1) is 6.61 Å². The van der Waals surface area contributed by atoms with E-state index in [0.717, 1.165) is 0 Å². The first-order chi connectivity index (χ1) is 17.4. The van der Waals surface area contributed by atoms with Gasteiger partial charge in [-0.3, -0.25) is 19.3 Å². The average molecular weight is 495 g/mol. The zero-order chi connectivity index (χ0) is 25.9. The summed E-state index contributed by atoms with van der Waals surface area (Å²) in [5, 5.41) is 15.1. The number of hydrogen-bond donors (Lipinski definition) is 3. The molecule has 3 N–H and O–H groups in total. The summed E-state index contributed by atoms with van der Waals surface area (Å²) in [6.07, 6.45) is 1.14. The fourth-order valence-electron chi connectivity index (χ4n) is 3.47. The molecule has 1 aromatic heterocycles. The van der Waals surface area contributed by atoms with Crippen molar-refractivity contribution in [2.24, 2.45) is 0 Å². The summed E-state index contributed by atoms with van der Waals surface area (Å²) >= 11 is 0. The highest BCUT2D eigenvalue weighted by atomic mass is 19.1. The molecule has 3 rings (SSSR count). The second-order valence-electron chi connectivity index (χ2n) is 7.78. The lowest BCUT2D eigenvalue weighted by Crippen LogP contribution is -2.45. The van der Waals surface area contributed by atoms with Crippen molar-refractivity contribution >= 4 is 29.2 Å². The van der Waals surface area contributed by atoms with Gasteiger partial charge in [-0.2, -0.15) is 0 Å². The number of ether oxygens (including phenoxy) is 1. The van der Waals surface area contributed by atoms with Crippen LogP contribution in [-0.4, -0.2) is 48.1 Å². The van der Waals surface area contributed by atoms with Gasteiger partial charge in [0.25, 0.3) is 0 Å². The van der Waals surface area contributed by atoms with Gasteiger partial charge in [0.15, 0.2) is 0 Å². The minimum absolute atomic E-state index is 0.0110. The van der Waals surface area contributed by atoms with Crippen molar-refractivity contribution in [1.29, 1.82) is 0 Å². The molecule has 0 fully saturated rings. The van der Waals surface area contributed by atoms with Crippen molar-refractivity contribution in [2.75, 3.05) is 30.5 Å². The molecule has 1 atom stereocenters. The Bertz CT molecular complexity index is 1160. The summed E-state index contributed by atoms with van der Waals surface area (Å²) in [6, 6.07) is 14.9. The second kappa shape index (κ2) is 13.0. The predicted octanol–water partition coefficient (Wildman–Crippen LogP) is 3.18. The van der Waals surface area contributed by atoms with E-state index in [4.69, 9.17) is 4.74 Å². The molecule has 0 bridgehead atoms. The smallest absolute Gasteiger partial charge is 0.247 e. The monoisotopic (exact) mass is 494 g/mol. The number of carbonyl (C=O) groups is 3. The maximum Gasteiger partial charge on any atom is 0.247 e. The number of aromatic hydroxyl groups is 1. The third-order valence-electron chi connectivity index (χ3n) is 5.19. The molecule has 0 unspecified atom stereocenters. The topological polar surface area (TPSA) is 121 Å². The summed E-state index contributed by atoms with van der Waals surface area (Å²) < 4.78 is 18.7. The fraction of sp³-hybridized carbons (Fsp3) is 0.231. The lowest BCUT2D eigenvalue weighted by molar-refractivity contribution is -0.127. The zero-order valence-electron chi connectivity index (χ0n) is 19.7. The minimum atomic E-state index is -1.15. The number of methoxy groups -OCH3 is 1. The first kappa shape index (κ1) is 26.3. The third-order valence-corrected chi connectivity index (χ3v) is 5.19. The molecule has 0 radical (unpaired) electrons. The van der Waals surface area contributed by atoms with Gasteiger partial charge in [-0.15, -0.1) is 0 Å². The van der Waals surface area contributed by atoms with Gasteiger partial charge in [0.2, 0.25) is 17.7 Å². The number of halogens is 1. The summed E-state index contributed by atoms with van der Waals surface area (Å²) in [5.74, 6) is -1.63. The van der Waals surface area contributed by atoms with E-state index in [9.17, 15) is 23.9 Å². The Morgan fingerprint density at radius 2 is 1.75 bits per heavy atom. The molecule has 3 amide bonds. The highest BCUT2D eigenvalue weighted by molar-refractivity contribution is 6.03. The number of phenolic OH excluding ortho intramolecular Hbond substituents is 1. The Morgan fingerprint density at radius 3 is 2.39 bits per heavy atom. The molecular weight excluding hydrogens is 467 g/mol. The number of benzene rings is 2. The number of anilines is 2. The quantitative estimate of drug-likeness (QED) is 0.352. The van der Waals surface area contributed by atoms with Gasteiger partial charge in [0.1, 0.15) is 23.4 Å². The van der Waals surface area contributed by atoms with Crippen LogP contribution in [0.25, 0.3) is 0 Å². The van der Waals surface area contributed by atoms with Crippen LogP contribution in [0.4, 0.5) is 15.9 Å². The predicted molar refractivity (Wildman–Crippen MR) is 132 cm³/mol. The largest absolute Gasteiger partial charge is 0.508 e. The van der Waals surface area contributed by atoms with Crippen molar-refractivity contribution in [3.05, 3.63) is 84.3 Å². The standard InChI is InChI=1S/C26H27FN4O5/c1-36-17-16-29-26(35)25(18-5-11-21(32)12-6-18)31(20-9-7-19(27)8-10-20)24(34)14-13-23(33)30-22-4-2-3-15-28-22/h2-12,15,25,32H,13-14,16-17H2,1H3,(H,29,35)(H,28,30,33)/t25-/m1/s1. The van der Waals surface area contributed by atoms with Crippen molar-refractivity contribution in [3.8, 4) is 5.75 Å². The number of nitrogens with zero attached hydrogens (tertiary/aromatic N) is 2. The second-order valence-corrected chi connectivity index (χ2v) is 7.78. The lowest BCUT2D eigenvalue weighted by Gasteiger charge is -2.31. The number of nitrogens with one attached hydrogen (secondary N) is 2. The highest BCUT2D eigenvalue weighted by Gasteiger charge is 2.32. The molecular formula is C26H27FN4O5. The van der Waals surface area contributed by atoms with Crippen LogP contribution in [0.2, 0.25) is 0 Å². The molecule has 0 aliphatic rings. The molecule has 0 aliphatic heterocycles. The van der Waals surface area contributed by atoms with Gasteiger partial charge in [0, 0.05) is 38.4 Å². The van der Waals surface area contributed by atoms with E-state index >= 15 is 0 Å². The summed E-state index contributed by atoms with van der Waals surface area (Å²) in [6.45, 7) is 0.452. The Labute approximate surface area is 207 Å². The molecule has 3 aromatic rings. The highest BCUT2D eigenvalue weighted by Crippen LogP contribution is 2.30. The first-order valence-corrected chi connectivity index (χ1v) is 11.2. The van der Waals surface area contributed by atoms with Crippen molar-refractivity contribution < 1.29 is 28.6 Å². The molecule has 36 heavy (non-hydrogen) atoms. The number of rotatable bonds is 11. The number of pyridine rings is 1. The van der Waals surface area contributed by atoms with Crippen LogP contribution < -0.4 is 15.5 Å². The summed E-state index contributed by atoms with van der Waals surface area (Å²) in [4.78, 5) is 44.4. The van der Waals surface area contributed by atoms with Crippen LogP contribution in [0.3, 0.4) is 0 Å². The number of amides is 3. The first-order valence-electron chi connectivity index (χ1n) is 11.2. The van der Waals surface area contributed by atoms with Crippen LogP contribution in [0.1, 0.15) is 24.4 Å². The van der Waals surface area contributed by atoms with Crippen LogP contribution in [0, 0.1) is 5.82 Å². The Hall–Kier alpha value is -4.31. The molecule has 188 valence electrons. The molecule has 10 heteroatoms. The fourth-order valence-corrected chi connectivity index (χ4v) is 3.47. The molecule has 0 saturated carbocycles.